The second kappa shape index (κ2) is 11.2. The zero-order valence-electron chi connectivity index (χ0n) is 19.2. The van der Waals surface area contributed by atoms with Gasteiger partial charge in [-0.25, -0.2) is 22.9 Å². The molecular formula is C23H15F7N2O6. The topological polar surface area (TPSA) is 96.0 Å². The summed E-state index contributed by atoms with van der Waals surface area (Å²) in [5.41, 5.74) is -2.45. The first-order valence-electron chi connectivity index (χ1n) is 10.1. The van der Waals surface area contributed by atoms with Gasteiger partial charge in [0.05, 0.1) is 31.7 Å². The van der Waals surface area contributed by atoms with Gasteiger partial charge in [-0.05, 0) is 36.4 Å². The van der Waals surface area contributed by atoms with Crippen molar-refractivity contribution in [3.63, 3.8) is 0 Å². The minimum Gasteiger partial charge on any atom is -0.490 e. The molecule has 1 N–H and O–H groups in total. The van der Waals surface area contributed by atoms with Crippen LogP contribution in [0.2, 0.25) is 0 Å². The van der Waals surface area contributed by atoms with Crippen LogP contribution in [-0.2, 0) is 4.74 Å². The smallest absolute Gasteiger partial charge is 0.490 e. The van der Waals surface area contributed by atoms with Gasteiger partial charge in [-0.3, -0.25) is 4.79 Å². The molecule has 0 radical (unpaired) electrons. The van der Waals surface area contributed by atoms with Gasteiger partial charge in [0, 0.05) is 0 Å². The van der Waals surface area contributed by atoms with Crippen molar-refractivity contribution < 1.29 is 59.3 Å². The summed E-state index contributed by atoms with van der Waals surface area (Å²) in [6.07, 6.45) is -7.59. The Morgan fingerprint density at radius 1 is 0.921 bits per heavy atom. The van der Waals surface area contributed by atoms with Crippen molar-refractivity contribution in [2.45, 2.75) is 12.8 Å². The lowest BCUT2D eigenvalue weighted by Crippen LogP contribution is -2.18. The van der Waals surface area contributed by atoms with E-state index in [9.17, 15) is 35.9 Å². The van der Waals surface area contributed by atoms with E-state index in [2.05, 4.69) is 19.8 Å². The van der Waals surface area contributed by atoms with E-state index in [0.29, 0.717) is 12.1 Å². The number of alkyl halides is 5. The van der Waals surface area contributed by atoms with Gasteiger partial charge in [-0.15, -0.1) is 13.2 Å². The van der Waals surface area contributed by atoms with E-state index < -0.39 is 70.4 Å². The molecule has 0 saturated heterocycles. The average molecular weight is 548 g/mol. The summed E-state index contributed by atoms with van der Waals surface area (Å²) in [4.78, 5) is 28.1. The number of benzene rings is 2. The zero-order chi connectivity index (χ0) is 28.2. The number of nitrogens with one attached hydrogen (secondary N) is 1. The van der Waals surface area contributed by atoms with Crippen LogP contribution in [0.15, 0.2) is 42.6 Å². The van der Waals surface area contributed by atoms with Crippen LogP contribution in [0.25, 0.3) is 0 Å². The molecule has 0 aliphatic rings. The van der Waals surface area contributed by atoms with Crippen LogP contribution in [0, 0.1) is 11.6 Å². The van der Waals surface area contributed by atoms with Gasteiger partial charge >= 0.3 is 12.3 Å². The molecule has 3 aromatic rings. The molecule has 0 spiro atoms. The molecular weight excluding hydrogens is 533 g/mol. The molecule has 1 aromatic heterocycles. The van der Waals surface area contributed by atoms with E-state index in [0.717, 1.165) is 38.6 Å². The molecule has 0 saturated carbocycles. The Balaban J connectivity index is 2.01. The van der Waals surface area contributed by atoms with E-state index in [1.54, 1.807) is 0 Å². The number of nitrogens with zero attached hydrogens (tertiary/aromatic N) is 1. The summed E-state index contributed by atoms with van der Waals surface area (Å²) < 4.78 is 112. The Bertz CT molecular complexity index is 1350. The van der Waals surface area contributed by atoms with E-state index >= 15 is 4.39 Å². The van der Waals surface area contributed by atoms with Crippen LogP contribution in [0.1, 0.15) is 32.8 Å². The molecule has 1 heterocycles. The third-order valence-corrected chi connectivity index (χ3v) is 4.69. The number of pyridine rings is 1. The summed E-state index contributed by atoms with van der Waals surface area (Å²) in [7, 11) is 1.99. The Kier molecular flexibility index (Phi) is 8.28. The molecule has 0 bridgehead atoms. The first-order valence-corrected chi connectivity index (χ1v) is 10.1. The SMILES string of the molecule is COC(=O)c1ccc(NC(=O)c2c(Oc3ccc(OC(F)(F)F)c(F)c3OC)ccc(C(F)F)c2F)cn1. The third-order valence-electron chi connectivity index (χ3n) is 4.69. The molecule has 1 amide bonds. The molecule has 0 fully saturated rings. The third kappa shape index (κ3) is 6.22. The van der Waals surface area contributed by atoms with Gasteiger partial charge in [-0.2, -0.15) is 4.39 Å². The predicted molar refractivity (Wildman–Crippen MR) is 115 cm³/mol. The summed E-state index contributed by atoms with van der Waals surface area (Å²) in [6, 6.07) is 5.00. The number of carbonyl (C=O) groups is 2. The summed E-state index contributed by atoms with van der Waals surface area (Å²) in [6.45, 7) is 0. The Labute approximate surface area is 208 Å². The molecule has 8 nitrogen and oxygen atoms in total. The molecule has 0 aliphatic carbocycles. The number of anilines is 1. The summed E-state index contributed by atoms with van der Waals surface area (Å²) >= 11 is 0. The molecule has 3 rings (SSSR count). The molecule has 2 aromatic carbocycles. The van der Waals surface area contributed by atoms with Gasteiger partial charge in [0.2, 0.25) is 11.6 Å². The zero-order valence-corrected chi connectivity index (χ0v) is 19.2. The van der Waals surface area contributed by atoms with Crippen LogP contribution in [0.3, 0.4) is 0 Å². The Hall–Kier alpha value is -4.56. The fourth-order valence-corrected chi connectivity index (χ4v) is 3.04. The van der Waals surface area contributed by atoms with E-state index in [1.807, 2.05) is 0 Å². The van der Waals surface area contributed by atoms with Crippen molar-refractivity contribution in [2.24, 2.45) is 0 Å². The quantitative estimate of drug-likeness (QED) is 0.271. The van der Waals surface area contributed by atoms with Crippen molar-refractivity contribution in [1.29, 1.82) is 0 Å². The fourth-order valence-electron chi connectivity index (χ4n) is 3.04. The van der Waals surface area contributed by atoms with Gasteiger partial charge in [0.1, 0.15) is 22.8 Å². The van der Waals surface area contributed by atoms with Crippen LogP contribution in [0.5, 0.6) is 23.0 Å². The highest BCUT2D eigenvalue weighted by Crippen LogP contribution is 2.41. The minimum absolute atomic E-state index is 0.0901. The number of aromatic nitrogens is 1. The first kappa shape index (κ1) is 28.0. The molecule has 0 atom stereocenters. The second-order valence-corrected chi connectivity index (χ2v) is 7.08. The number of carbonyl (C=O) groups excluding carboxylic acids is 2. The van der Waals surface area contributed by atoms with Gasteiger partial charge in [0.15, 0.2) is 11.5 Å². The molecule has 0 unspecified atom stereocenters. The highest BCUT2D eigenvalue weighted by molar-refractivity contribution is 6.06. The minimum atomic E-state index is -5.24. The second-order valence-electron chi connectivity index (χ2n) is 7.08. The van der Waals surface area contributed by atoms with Crippen LogP contribution < -0.4 is 19.5 Å². The lowest BCUT2D eigenvalue weighted by Gasteiger charge is -2.17. The number of amides is 1. The van der Waals surface area contributed by atoms with Crippen LogP contribution in [0.4, 0.5) is 36.4 Å². The highest BCUT2D eigenvalue weighted by atomic mass is 19.4. The molecule has 15 heteroatoms. The van der Waals surface area contributed by atoms with Crippen molar-refractivity contribution in [3.05, 3.63) is 71.1 Å². The van der Waals surface area contributed by atoms with E-state index in [-0.39, 0.29) is 11.4 Å². The number of ether oxygens (including phenoxy) is 4. The maximum atomic E-state index is 15.0. The van der Waals surface area contributed by atoms with Gasteiger partial charge < -0.3 is 24.3 Å². The highest BCUT2D eigenvalue weighted by Gasteiger charge is 2.34. The largest absolute Gasteiger partial charge is 0.573 e. The molecule has 202 valence electrons. The van der Waals surface area contributed by atoms with Crippen molar-refractivity contribution in [3.8, 4) is 23.0 Å². The first-order chi connectivity index (χ1) is 17.9. The molecule has 38 heavy (non-hydrogen) atoms. The fraction of sp³-hybridized carbons (Fsp3) is 0.174. The number of methoxy groups -OCH3 is 2. The predicted octanol–water partition coefficient (Wildman–Crippen LogP) is 6.04. The maximum Gasteiger partial charge on any atom is 0.573 e. The average Bonchev–Trinajstić information content (AvgIpc) is 2.85. The van der Waals surface area contributed by atoms with E-state index in [4.69, 9.17) is 9.47 Å². The standard InChI is InChI=1S/C23H15F7N2O6/c1-35-19-15(8-7-14(18(19)25)38-23(28,29)30)37-13-6-4-11(20(26)27)17(24)16(13)21(33)32-10-3-5-12(31-9-10)22(34)36-2/h3-9,20H,1-2H3,(H,32,33). The number of halogens is 7. The van der Waals surface area contributed by atoms with E-state index in [1.165, 1.54) is 6.07 Å². The maximum absolute atomic E-state index is 15.0. The Morgan fingerprint density at radius 2 is 1.58 bits per heavy atom. The van der Waals surface area contributed by atoms with Crippen LogP contribution >= 0.6 is 0 Å². The number of hydrogen-bond acceptors (Lipinski definition) is 7. The van der Waals surface area contributed by atoms with Gasteiger partial charge in [-0.1, -0.05) is 0 Å². The summed E-state index contributed by atoms with van der Waals surface area (Å²) in [5, 5.41) is 2.18. The number of esters is 1. The normalized spacial score (nSPS) is 11.2. The van der Waals surface area contributed by atoms with Gasteiger partial charge in [0.25, 0.3) is 12.3 Å². The number of rotatable bonds is 8. The Morgan fingerprint density at radius 3 is 2.13 bits per heavy atom. The lowest BCUT2D eigenvalue weighted by molar-refractivity contribution is -0.275. The van der Waals surface area contributed by atoms with Crippen LogP contribution in [-0.4, -0.2) is 37.4 Å². The van der Waals surface area contributed by atoms with Crippen molar-refractivity contribution in [2.75, 3.05) is 19.5 Å². The van der Waals surface area contributed by atoms with Crippen molar-refractivity contribution in [1.82, 2.24) is 4.98 Å². The summed E-state index contributed by atoms with van der Waals surface area (Å²) in [5.74, 6) is -8.99. The monoisotopic (exact) mass is 548 g/mol. The van der Waals surface area contributed by atoms with Crippen molar-refractivity contribution >= 4 is 17.6 Å². The number of hydrogen-bond donors (Lipinski definition) is 1. The lowest BCUT2D eigenvalue weighted by atomic mass is 10.1. The molecule has 0 aliphatic heterocycles.